The quantitative estimate of drug-likeness (QED) is 0.743. The molecule has 2 N–H and O–H groups in total. The monoisotopic (exact) mass is 312 g/mol. The van der Waals surface area contributed by atoms with E-state index in [1.807, 2.05) is 0 Å². The zero-order chi connectivity index (χ0) is 15.2. The topological polar surface area (TPSA) is 99.2 Å². The van der Waals surface area contributed by atoms with Crippen LogP contribution >= 0.6 is 11.8 Å². The molecule has 2 rings (SSSR count). The van der Waals surface area contributed by atoms with Crippen LogP contribution in [0.3, 0.4) is 0 Å². The van der Waals surface area contributed by atoms with E-state index in [0.717, 1.165) is 31.4 Å². The van der Waals surface area contributed by atoms with E-state index in [1.165, 1.54) is 0 Å². The summed E-state index contributed by atoms with van der Waals surface area (Å²) in [5.74, 6) is 0.0272. The lowest BCUT2D eigenvalue weighted by Crippen LogP contribution is -2.31. The number of aromatic carboxylic acids is 1. The molecule has 1 unspecified atom stereocenters. The number of amides is 1. The Labute approximate surface area is 127 Å². The molecule has 1 aliphatic heterocycles. The normalized spacial score (nSPS) is 18.1. The number of carboxylic acids is 1. The maximum Gasteiger partial charge on any atom is 0.358 e. The summed E-state index contributed by atoms with van der Waals surface area (Å²) >= 11 is 1.78. The highest BCUT2D eigenvalue weighted by atomic mass is 32.2. The van der Waals surface area contributed by atoms with Crippen molar-refractivity contribution in [2.24, 2.45) is 0 Å². The van der Waals surface area contributed by atoms with Crippen molar-refractivity contribution in [1.29, 1.82) is 0 Å². The summed E-state index contributed by atoms with van der Waals surface area (Å²) in [4.78, 5) is 25.2. The third-order valence-corrected chi connectivity index (χ3v) is 4.35. The Morgan fingerprint density at radius 3 is 2.95 bits per heavy atom. The zero-order valence-corrected chi connectivity index (χ0v) is 12.9. The van der Waals surface area contributed by atoms with Crippen LogP contribution in [0.25, 0.3) is 0 Å². The molecule has 8 heteroatoms. The summed E-state index contributed by atoms with van der Waals surface area (Å²) in [7, 11) is 0. The zero-order valence-electron chi connectivity index (χ0n) is 12.0. The Morgan fingerprint density at radius 1 is 1.43 bits per heavy atom. The van der Waals surface area contributed by atoms with Gasteiger partial charge in [0.05, 0.1) is 6.04 Å². The van der Waals surface area contributed by atoms with Gasteiger partial charge in [-0.25, -0.2) is 4.79 Å². The van der Waals surface area contributed by atoms with Crippen molar-refractivity contribution in [3.05, 3.63) is 11.4 Å². The molecule has 1 aromatic rings. The summed E-state index contributed by atoms with van der Waals surface area (Å²) < 4.78 is 0. The predicted octanol–water partition coefficient (Wildman–Crippen LogP) is 1.70. The van der Waals surface area contributed by atoms with Crippen LogP contribution in [0.15, 0.2) is 0 Å². The van der Waals surface area contributed by atoms with Crippen molar-refractivity contribution in [2.75, 3.05) is 18.6 Å². The standard InChI is InChI=1S/C13H20N4O3S/c1-21-8-3-2-6-10(18)17-7-4-5-9(17)11-12(13(19)20)15-16-14-11/h9H,2-8H2,1H3,(H,19,20)(H,14,15,16). The molecule has 1 saturated heterocycles. The molecule has 1 atom stereocenters. The van der Waals surface area contributed by atoms with Crippen LogP contribution in [0.1, 0.15) is 54.3 Å². The molecule has 2 heterocycles. The van der Waals surface area contributed by atoms with E-state index in [9.17, 15) is 9.59 Å². The van der Waals surface area contributed by atoms with E-state index in [1.54, 1.807) is 16.7 Å². The maximum absolute atomic E-state index is 12.3. The van der Waals surface area contributed by atoms with Crippen molar-refractivity contribution < 1.29 is 14.7 Å². The number of nitrogens with one attached hydrogen (secondary N) is 1. The smallest absolute Gasteiger partial charge is 0.358 e. The highest BCUT2D eigenvalue weighted by Crippen LogP contribution is 2.32. The van der Waals surface area contributed by atoms with Gasteiger partial charge in [-0.1, -0.05) is 0 Å². The van der Waals surface area contributed by atoms with Gasteiger partial charge >= 0.3 is 5.97 Å². The second-order valence-electron chi connectivity index (χ2n) is 5.06. The van der Waals surface area contributed by atoms with Crippen molar-refractivity contribution >= 4 is 23.6 Å². The van der Waals surface area contributed by atoms with Crippen LogP contribution in [-0.4, -0.2) is 55.8 Å². The first-order chi connectivity index (χ1) is 10.1. The summed E-state index contributed by atoms with van der Waals surface area (Å²) in [5.41, 5.74) is 0.291. The molecule has 0 spiro atoms. The number of unbranched alkanes of at least 4 members (excludes halogenated alkanes) is 1. The number of carboxylic acid groups (broad SMARTS) is 1. The average molecular weight is 312 g/mol. The van der Waals surface area contributed by atoms with Crippen LogP contribution in [0.4, 0.5) is 0 Å². The number of H-pyrrole nitrogens is 1. The number of carbonyl (C=O) groups excluding carboxylic acids is 1. The van der Waals surface area contributed by atoms with E-state index in [-0.39, 0.29) is 17.6 Å². The molecule has 116 valence electrons. The summed E-state index contributed by atoms with van der Waals surface area (Å²) in [5, 5.41) is 19.1. The van der Waals surface area contributed by atoms with Crippen LogP contribution in [0.2, 0.25) is 0 Å². The number of carbonyl (C=O) groups is 2. The first-order valence-electron chi connectivity index (χ1n) is 7.07. The average Bonchev–Trinajstić information content (AvgIpc) is 3.10. The minimum absolute atomic E-state index is 0.0814. The fourth-order valence-corrected chi connectivity index (χ4v) is 3.14. The van der Waals surface area contributed by atoms with Gasteiger partial charge in [0, 0.05) is 13.0 Å². The number of rotatable bonds is 7. The molecule has 1 amide bonds. The van der Waals surface area contributed by atoms with Crippen LogP contribution < -0.4 is 0 Å². The molecule has 1 aromatic heterocycles. The molecule has 1 aliphatic rings. The second-order valence-corrected chi connectivity index (χ2v) is 6.04. The molecular weight excluding hydrogens is 292 g/mol. The molecule has 0 aliphatic carbocycles. The van der Waals surface area contributed by atoms with Gasteiger partial charge in [0.1, 0.15) is 5.69 Å². The van der Waals surface area contributed by atoms with E-state index < -0.39 is 5.97 Å². The van der Waals surface area contributed by atoms with Gasteiger partial charge < -0.3 is 10.0 Å². The van der Waals surface area contributed by atoms with Gasteiger partial charge in [0.25, 0.3) is 0 Å². The van der Waals surface area contributed by atoms with Crippen LogP contribution in [0, 0.1) is 0 Å². The minimum atomic E-state index is -1.11. The molecule has 1 fully saturated rings. The van der Waals surface area contributed by atoms with E-state index in [0.29, 0.717) is 18.7 Å². The van der Waals surface area contributed by atoms with E-state index >= 15 is 0 Å². The lowest BCUT2D eigenvalue weighted by Gasteiger charge is -2.23. The van der Waals surface area contributed by atoms with E-state index in [2.05, 4.69) is 21.7 Å². The molecular formula is C13H20N4O3S. The molecule has 0 aromatic carbocycles. The second kappa shape index (κ2) is 7.44. The summed E-state index contributed by atoms with van der Waals surface area (Å²) in [6.45, 7) is 0.665. The molecule has 21 heavy (non-hydrogen) atoms. The molecule has 0 bridgehead atoms. The third-order valence-electron chi connectivity index (χ3n) is 3.66. The number of hydrogen-bond acceptors (Lipinski definition) is 5. The lowest BCUT2D eigenvalue weighted by atomic mass is 10.1. The number of aromatic nitrogens is 3. The van der Waals surface area contributed by atoms with Crippen LogP contribution in [0.5, 0.6) is 0 Å². The number of hydrogen-bond donors (Lipinski definition) is 2. The van der Waals surface area contributed by atoms with Gasteiger partial charge in [-0.2, -0.15) is 22.1 Å². The van der Waals surface area contributed by atoms with Crippen molar-refractivity contribution in [1.82, 2.24) is 20.3 Å². The molecule has 0 saturated carbocycles. The van der Waals surface area contributed by atoms with Gasteiger partial charge in [0.15, 0.2) is 5.69 Å². The molecule has 0 radical (unpaired) electrons. The highest BCUT2D eigenvalue weighted by Gasteiger charge is 2.34. The van der Waals surface area contributed by atoms with Gasteiger partial charge in [0.2, 0.25) is 5.91 Å². The number of thioether (sulfide) groups is 1. The largest absolute Gasteiger partial charge is 0.476 e. The first kappa shape index (κ1) is 15.8. The minimum Gasteiger partial charge on any atom is -0.476 e. The number of nitrogens with zero attached hydrogens (tertiary/aromatic N) is 3. The van der Waals surface area contributed by atoms with E-state index in [4.69, 9.17) is 5.11 Å². The summed E-state index contributed by atoms with van der Waals surface area (Å²) in [6, 6.07) is -0.261. The van der Waals surface area contributed by atoms with Gasteiger partial charge in [-0.3, -0.25) is 4.79 Å². The molecule has 7 nitrogen and oxygen atoms in total. The van der Waals surface area contributed by atoms with Crippen LogP contribution in [-0.2, 0) is 4.79 Å². The number of aromatic amines is 1. The Hall–Kier alpha value is -1.57. The van der Waals surface area contributed by atoms with Crippen molar-refractivity contribution in [3.63, 3.8) is 0 Å². The predicted molar refractivity (Wildman–Crippen MR) is 79.3 cm³/mol. The Bertz CT molecular complexity index is 505. The van der Waals surface area contributed by atoms with Crippen molar-refractivity contribution in [2.45, 2.75) is 38.1 Å². The Kier molecular flexibility index (Phi) is 5.60. The SMILES string of the molecule is CSCCCCC(=O)N1CCCC1c1n[nH]nc1C(=O)O. The first-order valence-corrected chi connectivity index (χ1v) is 8.47. The fourth-order valence-electron chi connectivity index (χ4n) is 2.64. The maximum atomic E-state index is 12.3. The van der Waals surface area contributed by atoms with Gasteiger partial charge in [-0.15, -0.1) is 5.10 Å². The van der Waals surface area contributed by atoms with Crippen molar-refractivity contribution in [3.8, 4) is 0 Å². The lowest BCUT2D eigenvalue weighted by molar-refractivity contribution is -0.132. The third kappa shape index (κ3) is 3.75. The Morgan fingerprint density at radius 2 is 2.24 bits per heavy atom. The summed E-state index contributed by atoms with van der Waals surface area (Å²) in [6.07, 6.45) is 6.06. The van der Waals surface area contributed by atoms with Gasteiger partial charge in [-0.05, 0) is 37.7 Å². The highest BCUT2D eigenvalue weighted by molar-refractivity contribution is 7.98. The fraction of sp³-hybridized carbons (Fsp3) is 0.692. The Balaban J connectivity index is 2.01. The number of likely N-dealkylation sites (tertiary alicyclic amines) is 1.